The molecule has 0 radical (unpaired) electrons. The van der Waals surface area contributed by atoms with Crippen molar-refractivity contribution in [1.29, 1.82) is 0 Å². The van der Waals surface area contributed by atoms with Gasteiger partial charge in [-0.25, -0.2) is 8.42 Å². The summed E-state index contributed by atoms with van der Waals surface area (Å²) in [6.45, 7) is 0.710. The molecule has 0 spiro atoms. The van der Waals surface area contributed by atoms with Gasteiger partial charge in [0, 0.05) is 19.3 Å². The van der Waals surface area contributed by atoms with E-state index in [1.54, 1.807) is 0 Å². The summed E-state index contributed by atoms with van der Waals surface area (Å²) in [5.74, 6) is -1.77. The monoisotopic (exact) mass is 314 g/mol. The summed E-state index contributed by atoms with van der Waals surface area (Å²) >= 11 is 0. The largest absolute Gasteiger partial charge is 0.480 e. The van der Waals surface area contributed by atoms with E-state index in [9.17, 15) is 21.6 Å². The third-order valence-electron chi connectivity index (χ3n) is 2.77. The molecule has 112 valence electrons. The van der Waals surface area contributed by atoms with Gasteiger partial charge in [-0.1, -0.05) is 0 Å². The molecule has 10 heteroatoms. The van der Waals surface area contributed by atoms with Crippen molar-refractivity contribution in [2.45, 2.75) is 25.3 Å². The van der Waals surface area contributed by atoms with Crippen LogP contribution in [0.3, 0.4) is 0 Å². The molecule has 8 nitrogen and oxygen atoms in total. The van der Waals surface area contributed by atoms with E-state index in [2.05, 4.69) is 0 Å². The van der Waals surface area contributed by atoms with Crippen molar-refractivity contribution < 1.29 is 26.7 Å². The maximum Gasteiger partial charge on any atom is 0.321 e. The topological polar surface area (TPSA) is 121 Å². The van der Waals surface area contributed by atoms with Gasteiger partial charge in [-0.05, 0) is 19.3 Å². The molecule has 1 unspecified atom stereocenters. The molecule has 0 aliphatic carbocycles. The molecule has 0 amide bonds. The number of hydrogen-bond acceptors (Lipinski definition) is 5. The van der Waals surface area contributed by atoms with Crippen molar-refractivity contribution in [2.24, 2.45) is 0 Å². The van der Waals surface area contributed by atoms with Crippen LogP contribution in [0.1, 0.15) is 19.3 Å². The number of hydrogen-bond donors (Lipinski definition) is 2. The van der Waals surface area contributed by atoms with Crippen LogP contribution in [0.15, 0.2) is 0 Å². The molecule has 1 saturated heterocycles. The Kier molecular flexibility index (Phi) is 5.30. The van der Waals surface area contributed by atoms with Crippen LogP contribution in [-0.4, -0.2) is 63.4 Å². The van der Waals surface area contributed by atoms with Gasteiger partial charge < -0.3 is 5.11 Å². The lowest BCUT2D eigenvalue weighted by Crippen LogP contribution is -2.48. The lowest BCUT2D eigenvalue weighted by atomic mass is 10.2. The van der Waals surface area contributed by atoms with Gasteiger partial charge in [-0.3, -0.25) is 4.79 Å². The second-order valence-electron chi connectivity index (χ2n) is 4.54. The second kappa shape index (κ2) is 6.16. The Morgan fingerprint density at radius 3 is 2.21 bits per heavy atom. The summed E-state index contributed by atoms with van der Waals surface area (Å²) in [4.78, 5) is 11.0. The highest BCUT2D eigenvalue weighted by Crippen LogP contribution is 2.12. The SMILES string of the molecule is CS(=O)(=O)CCC(NS(=O)(=O)N1CCCC1)C(=O)O. The minimum absolute atomic E-state index is 0.290. The van der Waals surface area contributed by atoms with Gasteiger partial charge in [-0.2, -0.15) is 17.4 Å². The van der Waals surface area contributed by atoms with Gasteiger partial charge in [0.1, 0.15) is 15.9 Å². The van der Waals surface area contributed by atoms with Crippen molar-refractivity contribution in [2.75, 3.05) is 25.1 Å². The summed E-state index contributed by atoms with van der Waals surface area (Å²) < 4.78 is 49.0. The molecular weight excluding hydrogens is 296 g/mol. The lowest BCUT2D eigenvalue weighted by molar-refractivity contribution is -0.139. The molecule has 1 aliphatic rings. The number of rotatable bonds is 7. The van der Waals surface area contributed by atoms with E-state index in [4.69, 9.17) is 5.11 Å². The number of sulfone groups is 1. The van der Waals surface area contributed by atoms with Gasteiger partial charge in [0.15, 0.2) is 0 Å². The highest BCUT2D eigenvalue weighted by Gasteiger charge is 2.31. The Morgan fingerprint density at radius 2 is 1.79 bits per heavy atom. The third-order valence-corrected chi connectivity index (χ3v) is 5.38. The number of nitrogens with one attached hydrogen (secondary N) is 1. The van der Waals surface area contributed by atoms with Gasteiger partial charge in [-0.15, -0.1) is 0 Å². The van der Waals surface area contributed by atoms with E-state index >= 15 is 0 Å². The maximum absolute atomic E-state index is 11.9. The summed E-state index contributed by atoms with van der Waals surface area (Å²) in [5.41, 5.74) is 0. The van der Waals surface area contributed by atoms with Crippen LogP contribution in [0, 0.1) is 0 Å². The van der Waals surface area contributed by atoms with E-state index in [-0.39, 0.29) is 12.2 Å². The van der Waals surface area contributed by atoms with Gasteiger partial charge in [0.05, 0.1) is 5.75 Å². The number of carboxylic acid groups (broad SMARTS) is 1. The molecule has 0 bridgehead atoms. The number of carboxylic acids is 1. The molecule has 0 saturated carbocycles. The molecule has 1 heterocycles. The van der Waals surface area contributed by atoms with Crippen molar-refractivity contribution >= 4 is 26.0 Å². The fourth-order valence-corrected chi connectivity index (χ4v) is 3.88. The zero-order chi connectivity index (χ0) is 14.7. The highest BCUT2D eigenvalue weighted by atomic mass is 32.2. The van der Waals surface area contributed by atoms with Crippen LogP contribution in [-0.2, 0) is 24.8 Å². The minimum atomic E-state index is -3.86. The standard InChI is InChI=1S/C9H18N2O6S2/c1-18(14,15)7-4-8(9(12)13)10-19(16,17)11-5-2-3-6-11/h8,10H,2-7H2,1H3,(H,12,13). The molecule has 19 heavy (non-hydrogen) atoms. The highest BCUT2D eigenvalue weighted by molar-refractivity contribution is 7.90. The molecule has 1 atom stereocenters. The quantitative estimate of drug-likeness (QED) is 0.609. The van der Waals surface area contributed by atoms with Crippen molar-refractivity contribution in [3.63, 3.8) is 0 Å². The predicted molar refractivity (Wildman–Crippen MR) is 68.6 cm³/mol. The van der Waals surface area contributed by atoms with Crippen LogP contribution in [0.5, 0.6) is 0 Å². The number of nitrogens with zero attached hydrogens (tertiary/aromatic N) is 1. The van der Waals surface area contributed by atoms with Crippen molar-refractivity contribution in [3.8, 4) is 0 Å². The normalized spacial score (nSPS) is 19.4. The van der Waals surface area contributed by atoms with Crippen LogP contribution in [0.25, 0.3) is 0 Å². The predicted octanol–water partition coefficient (Wildman–Crippen LogP) is -1.20. The summed E-state index contributed by atoms with van der Waals surface area (Å²) in [5, 5.41) is 8.94. The lowest BCUT2D eigenvalue weighted by Gasteiger charge is -2.20. The van der Waals surface area contributed by atoms with Crippen molar-refractivity contribution in [3.05, 3.63) is 0 Å². The molecule has 0 aromatic carbocycles. The molecule has 0 aromatic rings. The van der Waals surface area contributed by atoms with E-state index in [1.165, 1.54) is 4.31 Å². The zero-order valence-electron chi connectivity index (χ0n) is 10.6. The van der Waals surface area contributed by atoms with E-state index in [1.807, 2.05) is 4.72 Å². The first kappa shape index (κ1) is 16.3. The first-order valence-corrected chi connectivity index (χ1v) is 9.30. The molecule has 1 fully saturated rings. The Balaban J connectivity index is 2.70. The molecule has 0 aromatic heterocycles. The summed E-state index contributed by atoms with van der Waals surface area (Å²) in [7, 11) is -7.20. The first-order valence-electron chi connectivity index (χ1n) is 5.80. The van der Waals surface area contributed by atoms with Gasteiger partial charge >= 0.3 is 5.97 Å². The van der Waals surface area contributed by atoms with E-state index in [0.29, 0.717) is 13.1 Å². The Bertz CT molecular complexity index is 521. The molecule has 2 N–H and O–H groups in total. The first-order chi connectivity index (χ1) is 8.62. The summed E-state index contributed by atoms with van der Waals surface area (Å²) in [6, 6.07) is -1.43. The average Bonchev–Trinajstić information content (AvgIpc) is 2.76. The van der Waals surface area contributed by atoms with Gasteiger partial charge in [0.2, 0.25) is 0 Å². The molecular formula is C9H18N2O6S2. The average molecular weight is 314 g/mol. The fraction of sp³-hybridized carbons (Fsp3) is 0.889. The van der Waals surface area contributed by atoms with E-state index in [0.717, 1.165) is 19.1 Å². The second-order valence-corrected chi connectivity index (χ2v) is 8.50. The Morgan fingerprint density at radius 1 is 1.26 bits per heavy atom. The number of aliphatic carboxylic acids is 1. The third kappa shape index (κ3) is 5.43. The summed E-state index contributed by atoms with van der Waals surface area (Å²) in [6.07, 6.45) is 2.16. The van der Waals surface area contributed by atoms with Gasteiger partial charge in [0.25, 0.3) is 10.2 Å². The molecule has 1 aliphatic heterocycles. The smallest absolute Gasteiger partial charge is 0.321 e. The fourth-order valence-electron chi connectivity index (χ4n) is 1.75. The van der Waals surface area contributed by atoms with Crippen LogP contribution in [0.2, 0.25) is 0 Å². The Hall–Kier alpha value is -0.710. The Labute approximate surface area is 112 Å². The minimum Gasteiger partial charge on any atom is -0.480 e. The molecule has 1 rings (SSSR count). The van der Waals surface area contributed by atoms with Crippen LogP contribution in [0.4, 0.5) is 0 Å². The van der Waals surface area contributed by atoms with Crippen molar-refractivity contribution in [1.82, 2.24) is 9.03 Å². The maximum atomic E-state index is 11.9. The zero-order valence-corrected chi connectivity index (χ0v) is 12.2. The van der Waals surface area contributed by atoms with E-state index < -0.39 is 32.1 Å². The van der Waals surface area contributed by atoms with Crippen LogP contribution < -0.4 is 4.72 Å². The number of carbonyl (C=O) groups is 1. The van der Waals surface area contributed by atoms with Crippen LogP contribution >= 0.6 is 0 Å².